The van der Waals surface area contributed by atoms with E-state index in [1.54, 1.807) is 12.1 Å². The molecule has 114 valence electrons. The molecule has 0 atom stereocenters. The van der Waals surface area contributed by atoms with Crippen molar-refractivity contribution in [1.29, 1.82) is 5.26 Å². The second-order valence-electron chi connectivity index (χ2n) is 5.91. The third kappa shape index (κ3) is 3.49. The number of piperidine rings is 1. The highest BCUT2D eigenvalue weighted by atomic mass is 19.4. The quantitative estimate of drug-likeness (QED) is 0.806. The molecule has 1 saturated heterocycles. The van der Waals surface area contributed by atoms with Gasteiger partial charge in [-0.1, -0.05) is 13.8 Å². The molecule has 5 heteroatoms. The molecular weight excluding hydrogens is 277 g/mol. The average Bonchev–Trinajstić information content (AvgIpc) is 2.45. The monoisotopic (exact) mass is 296 g/mol. The van der Waals surface area contributed by atoms with Gasteiger partial charge in [0.25, 0.3) is 0 Å². The van der Waals surface area contributed by atoms with Gasteiger partial charge >= 0.3 is 6.18 Å². The van der Waals surface area contributed by atoms with Crippen LogP contribution >= 0.6 is 0 Å². The van der Waals surface area contributed by atoms with Crippen molar-refractivity contribution in [1.82, 2.24) is 0 Å². The van der Waals surface area contributed by atoms with E-state index in [0.717, 1.165) is 32.0 Å². The van der Waals surface area contributed by atoms with Crippen molar-refractivity contribution in [3.8, 4) is 6.07 Å². The number of benzene rings is 1. The summed E-state index contributed by atoms with van der Waals surface area (Å²) in [6, 6.07) is 5.61. The lowest BCUT2D eigenvalue weighted by Crippen LogP contribution is -2.35. The van der Waals surface area contributed by atoms with Crippen LogP contribution in [0.1, 0.15) is 37.8 Å². The number of rotatable bonds is 2. The molecule has 0 N–H and O–H groups in total. The summed E-state index contributed by atoms with van der Waals surface area (Å²) < 4.78 is 38.9. The normalized spacial score (nSPS) is 17.1. The Morgan fingerprint density at radius 1 is 1.24 bits per heavy atom. The fraction of sp³-hybridized carbons (Fsp3) is 0.562. The lowest BCUT2D eigenvalue weighted by Gasteiger charge is -2.35. The first-order valence-corrected chi connectivity index (χ1v) is 7.19. The smallest absolute Gasteiger partial charge is 0.372 e. The summed E-state index contributed by atoms with van der Waals surface area (Å²) >= 11 is 0. The lowest BCUT2D eigenvalue weighted by molar-refractivity contribution is -0.137. The summed E-state index contributed by atoms with van der Waals surface area (Å²) in [4.78, 5) is 1.98. The molecule has 1 fully saturated rings. The zero-order valence-electron chi connectivity index (χ0n) is 12.2. The summed E-state index contributed by atoms with van der Waals surface area (Å²) in [5.41, 5.74) is -0.597. The molecule has 1 aliphatic heterocycles. The molecule has 1 aliphatic rings. The van der Waals surface area contributed by atoms with Crippen LogP contribution in [0.2, 0.25) is 0 Å². The molecule has 21 heavy (non-hydrogen) atoms. The van der Waals surface area contributed by atoms with E-state index in [4.69, 9.17) is 5.26 Å². The first kappa shape index (κ1) is 15.7. The zero-order valence-corrected chi connectivity index (χ0v) is 12.2. The number of alkyl halides is 3. The molecule has 0 saturated carbocycles. The van der Waals surface area contributed by atoms with Gasteiger partial charge in [-0.05, 0) is 42.9 Å². The molecule has 1 heterocycles. The highest BCUT2D eigenvalue weighted by Gasteiger charge is 2.34. The van der Waals surface area contributed by atoms with Crippen LogP contribution in [0, 0.1) is 23.2 Å². The summed E-state index contributed by atoms with van der Waals surface area (Å²) in [5.74, 6) is 1.25. The minimum absolute atomic E-state index is 0.316. The topological polar surface area (TPSA) is 27.0 Å². The second kappa shape index (κ2) is 5.97. The van der Waals surface area contributed by atoms with Crippen LogP contribution in [0.5, 0.6) is 0 Å². The van der Waals surface area contributed by atoms with E-state index < -0.39 is 11.7 Å². The van der Waals surface area contributed by atoms with Gasteiger partial charge in [0.2, 0.25) is 0 Å². The molecule has 0 radical (unpaired) electrons. The van der Waals surface area contributed by atoms with Gasteiger partial charge in [-0.2, -0.15) is 18.4 Å². The predicted octanol–water partition coefficient (Wildman–Crippen LogP) is 4.45. The molecule has 1 aromatic carbocycles. The Balaban J connectivity index is 2.21. The first-order chi connectivity index (χ1) is 9.82. The van der Waals surface area contributed by atoms with E-state index in [0.29, 0.717) is 17.5 Å². The number of nitrogens with zero attached hydrogens (tertiary/aromatic N) is 2. The molecule has 0 bridgehead atoms. The Morgan fingerprint density at radius 3 is 2.33 bits per heavy atom. The molecular formula is C16H19F3N2. The minimum Gasteiger partial charge on any atom is -0.372 e. The molecule has 0 unspecified atom stereocenters. The summed E-state index contributed by atoms with van der Waals surface area (Å²) in [6.45, 7) is 5.91. The van der Waals surface area contributed by atoms with Crippen LogP contribution in [-0.2, 0) is 6.18 Å². The molecule has 2 rings (SSSR count). The van der Waals surface area contributed by atoms with Crippen LogP contribution < -0.4 is 4.90 Å². The molecule has 0 aromatic heterocycles. The van der Waals surface area contributed by atoms with Crippen molar-refractivity contribution >= 4 is 5.69 Å². The number of halogens is 3. The Kier molecular flexibility index (Phi) is 4.46. The lowest BCUT2D eigenvalue weighted by atomic mass is 9.86. The first-order valence-electron chi connectivity index (χ1n) is 7.19. The van der Waals surface area contributed by atoms with Gasteiger partial charge in [0.1, 0.15) is 0 Å². The van der Waals surface area contributed by atoms with Gasteiger partial charge in [-0.15, -0.1) is 0 Å². The maximum Gasteiger partial charge on any atom is 0.417 e. The van der Waals surface area contributed by atoms with Crippen molar-refractivity contribution in [2.24, 2.45) is 11.8 Å². The molecule has 0 spiro atoms. The Labute approximate surface area is 123 Å². The Hall–Kier alpha value is -1.70. The Morgan fingerprint density at radius 2 is 1.86 bits per heavy atom. The Bertz CT molecular complexity index is 535. The van der Waals surface area contributed by atoms with E-state index in [-0.39, 0.29) is 5.56 Å². The summed E-state index contributed by atoms with van der Waals surface area (Å²) in [7, 11) is 0. The van der Waals surface area contributed by atoms with Crippen molar-refractivity contribution in [2.45, 2.75) is 32.9 Å². The number of nitriles is 1. The maximum absolute atomic E-state index is 13.0. The van der Waals surface area contributed by atoms with Crippen molar-refractivity contribution in [3.05, 3.63) is 29.3 Å². The number of hydrogen-bond acceptors (Lipinski definition) is 2. The number of anilines is 1. The van der Waals surface area contributed by atoms with E-state index in [1.165, 1.54) is 6.07 Å². The molecule has 2 nitrogen and oxygen atoms in total. The average molecular weight is 296 g/mol. The molecule has 0 aliphatic carbocycles. The molecule has 0 amide bonds. The largest absolute Gasteiger partial charge is 0.417 e. The second-order valence-corrected chi connectivity index (χ2v) is 5.91. The highest BCUT2D eigenvalue weighted by molar-refractivity contribution is 5.55. The fourth-order valence-electron chi connectivity index (χ4n) is 2.89. The van der Waals surface area contributed by atoms with Crippen LogP contribution in [-0.4, -0.2) is 13.1 Å². The third-order valence-electron chi connectivity index (χ3n) is 4.28. The number of hydrogen-bond donors (Lipinski definition) is 0. The maximum atomic E-state index is 13.0. The zero-order chi connectivity index (χ0) is 15.6. The van der Waals surface area contributed by atoms with Crippen LogP contribution in [0.15, 0.2) is 18.2 Å². The molecule has 1 aromatic rings. The highest BCUT2D eigenvalue weighted by Crippen LogP contribution is 2.35. The standard InChI is InChI=1S/C16H19F3N2/c1-11(2)12-5-7-21(8-6-12)14-4-3-13(10-20)15(9-14)16(17,18)19/h3-4,9,11-12H,5-8H2,1-2H3. The van der Waals surface area contributed by atoms with Crippen LogP contribution in [0.3, 0.4) is 0 Å². The SMILES string of the molecule is CC(C)C1CCN(c2ccc(C#N)c(C(F)(F)F)c2)CC1. The third-order valence-corrected chi connectivity index (χ3v) is 4.28. The van der Waals surface area contributed by atoms with Crippen molar-refractivity contribution < 1.29 is 13.2 Å². The van der Waals surface area contributed by atoms with E-state index in [2.05, 4.69) is 13.8 Å². The van der Waals surface area contributed by atoms with Gasteiger partial charge in [0.15, 0.2) is 0 Å². The minimum atomic E-state index is -4.49. The van der Waals surface area contributed by atoms with E-state index in [9.17, 15) is 13.2 Å². The fourth-order valence-corrected chi connectivity index (χ4v) is 2.89. The summed E-state index contributed by atoms with van der Waals surface area (Å²) in [5, 5.41) is 8.82. The van der Waals surface area contributed by atoms with Gasteiger partial charge < -0.3 is 4.90 Å². The van der Waals surface area contributed by atoms with Gasteiger partial charge in [0, 0.05) is 18.8 Å². The van der Waals surface area contributed by atoms with E-state index in [1.807, 2.05) is 4.90 Å². The van der Waals surface area contributed by atoms with Gasteiger partial charge in [0.05, 0.1) is 17.2 Å². The summed E-state index contributed by atoms with van der Waals surface area (Å²) in [6.07, 6.45) is -2.49. The predicted molar refractivity (Wildman–Crippen MR) is 75.9 cm³/mol. The van der Waals surface area contributed by atoms with Crippen LogP contribution in [0.25, 0.3) is 0 Å². The van der Waals surface area contributed by atoms with Gasteiger partial charge in [-0.3, -0.25) is 0 Å². The van der Waals surface area contributed by atoms with Crippen molar-refractivity contribution in [2.75, 3.05) is 18.0 Å². The van der Waals surface area contributed by atoms with E-state index >= 15 is 0 Å². The van der Waals surface area contributed by atoms with Crippen LogP contribution in [0.4, 0.5) is 18.9 Å². The van der Waals surface area contributed by atoms with Gasteiger partial charge in [-0.25, -0.2) is 0 Å². The van der Waals surface area contributed by atoms with Crippen molar-refractivity contribution in [3.63, 3.8) is 0 Å².